The number of nitrogens with two attached hydrogens (primary N) is 1. The number of nitrogens with one attached hydrogen (secondary N) is 1. The molecule has 16 heavy (non-hydrogen) atoms. The molecule has 1 aromatic heterocycles. The fourth-order valence-corrected chi connectivity index (χ4v) is 0.974. The molecule has 1 aromatic rings. The molecule has 0 unspecified atom stereocenters. The molecule has 3 N–H and O–H groups in total. The summed E-state index contributed by atoms with van der Waals surface area (Å²) >= 11 is 0. The van der Waals surface area contributed by atoms with E-state index in [0.29, 0.717) is 0 Å². The van der Waals surface area contributed by atoms with Gasteiger partial charge in [-0.25, -0.2) is 4.98 Å². The Bertz CT molecular complexity index is 379. The molecule has 0 aliphatic carbocycles. The van der Waals surface area contributed by atoms with Crippen LogP contribution in [-0.4, -0.2) is 23.6 Å². The summed E-state index contributed by atoms with van der Waals surface area (Å²) in [6, 6.07) is 2.98. The van der Waals surface area contributed by atoms with Crippen LogP contribution in [0.3, 0.4) is 0 Å². The van der Waals surface area contributed by atoms with Crippen LogP contribution in [-0.2, 0) is 0 Å². The maximum atomic E-state index is 11.9. The van der Waals surface area contributed by atoms with E-state index in [2.05, 4.69) is 4.98 Å². The Morgan fingerprint density at radius 1 is 1.50 bits per heavy atom. The van der Waals surface area contributed by atoms with Crippen molar-refractivity contribution in [3.05, 3.63) is 23.9 Å². The Hall–Kier alpha value is -1.79. The number of alkyl halides is 3. The second-order valence-electron chi connectivity index (χ2n) is 2.98. The van der Waals surface area contributed by atoms with E-state index >= 15 is 0 Å². The molecule has 0 aliphatic rings. The average Bonchev–Trinajstić information content (AvgIpc) is 2.16. The van der Waals surface area contributed by atoms with E-state index in [0.717, 1.165) is 0 Å². The highest BCUT2D eigenvalue weighted by Crippen LogP contribution is 2.20. The third-order valence-electron chi connectivity index (χ3n) is 1.69. The molecule has 0 aliphatic heterocycles. The van der Waals surface area contributed by atoms with Crippen LogP contribution in [0, 0.1) is 5.41 Å². The summed E-state index contributed by atoms with van der Waals surface area (Å²) < 4.78 is 40.4. The highest BCUT2D eigenvalue weighted by Gasteiger charge is 2.27. The van der Waals surface area contributed by atoms with Crippen molar-refractivity contribution in [3.63, 3.8) is 0 Å². The lowest BCUT2D eigenvalue weighted by Gasteiger charge is -2.10. The minimum absolute atomic E-state index is 0.0563. The summed E-state index contributed by atoms with van der Waals surface area (Å²) in [7, 11) is 0. The predicted octanol–water partition coefficient (Wildman–Crippen LogP) is 1.70. The quantitative estimate of drug-likeness (QED) is 0.614. The molecule has 0 bridgehead atoms. The molecule has 0 saturated heterocycles. The van der Waals surface area contributed by atoms with Crippen molar-refractivity contribution in [2.75, 3.05) is 6.61 Å². The van der Waals surface area contributed by atoms with Gasteiger partial charge in [-0.1, -0.05) is 0 Å². The van der Waals surface area contributed by atoms with E-state index in [1.165, 1.54) is 18.3 Å². The van der Waals surface area contributed by atoms with Crippen LogP contribution in [0.4, 0.5) is 13.2 Å². The maximum absolute atomic E-state index is 11.9. The summed E-state index contributed by atoms with van der Waals surface area (Å²) in [6.45, 7) is -0.541. The van der Waals surface area contributed by atoms with Gasteiger partial charge in [-0.05, 0) is 12.1 Å². The van der Waals surface area contributed by atoms with Crippen molar-refractivity contribution >= 4 is 5.84 Å². The standard InChI is InChI=1S/C9H10F3N3O/c10-9(11,12)3-5-16-8-6(7(13)14)2-1-4-15-8/h1-2,4H,3,5H2,(H3,13,14). The van der Waals surface area contributed by atoms with E-state index in [-0.39, 0.29) is 17.3 Å². The minimum Gasteiger partial charge on any atom is -0.477 e. The number of aromatic nitrogens is 1. The number of amidine groups is 1. The Morgan fingerprint density at radius 3 is 2.75 bits per heavy atom. The summed E-state index contributed by atoms with van der Waals surface area (Å²) in [5.41, 5.74) is 5.40. The first-order valence-corrected chi connectivity index (χ1v) is 4.39. The Labute approximate surface area is 89.7 Å². The molecule has 0 saturated carbocycles. The van der Waals surface area contributed by atoms with E-state index in [1.54, 1.807) is 0 Å². The summed E-state index contributed by atoms with van der Waals surface area (Å²) in [5, 5.41) is 7.17. The Balaban J connectivity index is 2.64. The molecule has 0 spiro atoms. The first-order valence-electron chi connectivity index (χ1n) is 4.39. The second-order valence-corrected chi connectivity index (χ2v) is 2.98. The zero-order valence-electron chi connectivity index (χ0n) is 8.21. The minimum atomic E-state index is -4.27. The van der Waals surface area contributed by atoms with Crippen LogP contribution < -0.4 is 10.5 Å². The fraction of sp³-hybridized carbons (Fsp3) is 0.333. The molecule has 88 valence electrons. The Kier molecular flexibility index (Phi) is 3.70. The molecule has 1 rings (SSSR count). The summed E-state index contributed by atoms with van der Waals surface area (Å²) in [5.74, 6) is -0.352. The molecule has 0 atom stereocenters. The number of halogens is 3. The number of nitrogen functional groups attached to an aromatic ring is 1. The van der Waals surface area contributed by atoms with Gasteiger partial charge in [-0.3, -0.25) is 5.41 Å². The average molecular weight is 233 g/mol. The topological polar surface area (TPSA) is 72.0 Å². The predicted molar refractivity (Wildman–Crippen MR) is 51.4 cm³/mol. The van der Waals surface area contributed by atoms with Crippen molar-refractivity contribution in [2.45, 2.75) is 12.6 Å². The fourth-order valence-electron chi connectivity index (χ4n) is 0.974. The molecular formula is C9H10F3N3O. The highest BCUT2D eigenvalue weighted by atomic mass is 19.4. The van der Waals surface area contributed by atoms with Gasteiger partial charge in [0, 0.05) is 6.20 Å². The van der Waals surface area contributed by atoms with Gasteiger partial charge >= 0.3 is 6.18 Å². The number of hydrogen-bond donors (Lipinski definition) is 2. The van der Waals surface area contributed by atoms with Crippen LogP contribution in [0.2, 0.25) is 0 Å². The van der Waals surface area contributed by atoms with Gasteiger partial charge in [0.1, 0.15) is 5.84 Å². The number of rotatable bonds is 4. The van der Waals surface area contributed by atoms with Crippen molar-refractivity contribution in [1.29, 1.82) is 5.41 Å². The second kappa shape index (κ2) is 4.82. The normalized spacial score (nSPS) is 11.2. The lowest BCUT2D eigenvalue weighted by Crippen LogP contribution is -2.17. The molecule has 0 amide bonds. The number of hydrogen-bond acceptors (Lipinski definition) is 3. The third kappa shape index (κ3) is 3.76. The SMILES string of the molecule is N=C(N)c1cccnc1OCCC(F)(F)F. The number of ether oxygens (including phenoxy) is 1. The Morgan fingerprint density at radius 2 is 2.19 bits per heavy atom. The van der Waals surface area contributed by atoms with E-state index in [1.807, 2.05) is 0 Å². The van der Waals surface area contributed by atoms with Crippen molar-refractivity contribution in [3.8, 4) is 5.88 Å². The van der Waals surface area contributed by atoms with E-state index in [4.69, 9.17) is 15.9 Å². The van der Waals surface area contributed by atoms with Crippen LogP contribution in [0.1, 0.15) is 12.0 Å². The summed E-state index contributed by atoms with van der Waals surface area (Å²) in [4.78, 5) is 3.71. The molecule has 0 radical (unpaired) electrons. The van der Waals surface area contributed by atoms with Gasteiger partial charge in [0.05, 0.1) is 18.6 Å². The van der Waals surface area contributed by atoms with Gasteiger partial charge < -0.3 is 10.5 Å². The number of pyridine rings is 1. The monoisotopic (exact) mass is 233 g/mol. The van der Waals surface area contributed by atoms with Crippen LogP contribution in [0.15, 0.2) is 18.3 Å². The number of nitrogens with zero attached hydrogens (tertiary/aromatic N) is 1. The smallest absolute Gasteiger partial charge is 0.392 e. The molecule has 1 heterocycles. The zero-order chi connectivity index (χ0) is 12.2. The van der Waals surface area contributed by atoms with Crippen molar-refractivity contribution in [2.24, 2.45) is 5.73 Å². The van der Waals surface area contributed by atoms with Crippen LogP contribution in [0.5, 0.6) is 5.88 Å². The molecular weight excluding hydrogens is 223 g/mol. The molecule has 7 heteroatoms. The lowest BCUT2D eigenvalue weighted by atomic mass is 10.2. The molecule has 0 aromatic carbocycles. The van der Waals surface area contributed by atoms with Gasteiger partial charge in [0.25, 0.3) is 0 Å². The van der Waals surface area contributed by atoms with Crippen molar-refractivity contribution < 1.29 is 17.9 Å². The van der Waals surface area contributed by atoms with Crippen LogP contribution >= 0.6 is 0 Å². The van der Waals surface area contributed by atoms with E-state index in [9.17, 15) is 13.2 Å². The first kappa shape index (κ1) is 12.3. The zero-order valence-corrected chi connectivity index (χ0v) is 8.21. The first-order chi connectivity index (χ1) is 7.40. The molecule has 4 nitrogen and oxygen atoms in total. The van der Waals surface area contributed by atoms with Crippen LogP contribution in [0.25, 0.3) is 0 Å². The van der Waals surface area contributed by atoms with Gasteiger partial charge in [0.2, 0.25) is 5.88 Å². The van der Waals surface area contributed by atoms with Gasteiger partial charge in [-0.15, -0.1) is 0 Å². The van der Waals surface area contributed by atoms with Gasteiger partial charge in [0.15, 0.2) is 0 Å². The highest BCUT2D eigenvalue weighted by molar-refractivity contribution is 5.96. The summed E-state index contributed by atoms with van der Waals surface area (Å²) in [6.07, 6.45) is -3.98. The molecule has 0 fully saturated rings. The lowest BCUT2D eigenvalue weighted by molar-refractivity contribution is -0.139. The van der Waals surface area contributed by atoms with Crippen molar-refractivity contribution in [1.82, 2.24) is 4.98 Å². The van der Waals surface area contributed by atoms with E-state index < -0.39 is 19.2 Å². The maximum Gasteiger partial charge on any atom is 0.392 e. The third-order valence-corrected chi connectivity index (χ3v) is 1.69. The van der Waals surface area contributed by atoms with Gasteiger partial charge in [-0.2, -0.15) is 13.2 Å². The largest absolute Gasteiger partial charge is 0.477 e.